The number of carbonyl (C=O) groups excluding carboxylic acids is 1. The number of H-pyrrole nitrogens is 1. The van der Waals surface area contributed by atoms with Crippen molar-refractivity contribution in [3.05, 3.63) is 87.3 Å². The van der Waals surface area contributed by atoms with Crippen LogP contribution in [-0.2, 0) is 16.2 Å². The van der Waals surface area contributed by atoms with Crippen molar-refractivity contribution < 1.29 is 26.4 Å². The van der Waals surface area contributed by atoms with Gasteiger partial charge < -0.3 is 10.3 Å². The van der Waals surface area contributed by atoms with Gasteiger partial charge in [-0.25, -0.2) is 8.42 Å². The number of sulfonamides is 1. The number of rotatable bonds is 5. The third kappa shape index (κ3) is 5.44. The van der Waals surface area contributed by atoms with Gasteiger partial charge in [-0.15, -0.1) is 0 Å². The molecule has 0 fully saturated rings. The number of hydrogen-bond acceptors (Lipinski definition) is 4. The van der Waals surface area contributed by atoms with Gasteiger partial charge in [0.25, 0.3) is 21.5 Å². The maximum absolute atomic E-state index is 12.8. The SMILES string of the molecule is O=C(Nc1cc(C(F)(F)F)c[nH]c1=O)c1cccc(S(=O)(=O)Nc2cccc(Cl)c2)c1. The minimum atomic E-state index is -4.73. The molecule has 1 amide bonds. The largest absolute Gasteiger partial charge is 0.417 e. The predicted octanol–water partition coefficient (Wildman–Crippen LogP) is 4.10. The van der Waals surface area contributed by atoms with E-state index >= 15 is 0 Å². The average Bonchev–Trinajstić information content (AvgIpc) is 2.68. The Kier molecular flexibility index (Phi) is 6.09. The van der Waals surface area contributed by atoms with Crippen LogP contribution < -0.4 is 15.6 Å². The number of amides is 1. The van der Waals surface area contributed by atoms with Crippen molar-refractivity contribution in [2.45, 2.75) is 11.1 Å². The normalized spacial score (nSPS) is 11.7. The molecule has 3 N–H and O–H groups in total. The Morgan fingerprint density at radius 1 is 1.03 bits per heavy atom. The monoisotopic (exact) mass is 471 g/mol. The van der Waals surface area contributed by atoms with E-state index in [1.807, 2.05) is 4.98 Å². The molecule has 0 atom stereocenters. The lowest BCUT2D eigenvalue weighted by atomic mass is 10.2. The molecule has 1 heterocycles. The van der Waals surface area contributed by atoms with Gasteiger partial charge in [-0.3, -0.25) is 14.3 Å². The van der Waals surface area contributed by atoms with E-state index in [2.05, 4.69) is 10.0 Å². The van der Waals surface area contributed by atoms with E-state index in [0.717, 1.165) is 6.07 Å². The van der Waals surface area contributed by atoms with Gasteiger partial charge in [0.1, 0.15) is 5.69 Å². The zero-order valence-corrected chi connectivity index (χ0v) is 16.9. The van der Waals surface area contributed by atoms with Crippen LogP contribution in [0.2, 0.25) is 5.02 Å². The highest BCUT2D eigenvalue weighted by Gasteiger charge is 2.31. The smallest absolute Gasteiger partial charge is 0.327 e. The molecule has 0 bridgehead atoms. The number of alkyl halides is 3. The molecule has 31 heavy (non-hydrogen) atoms. The van der Waals surface area contributed by atoms with Gasteiger partial charge in [-0.2, -0.15) is 13.2 Å². The number of aromatic nitrogens is 1. The number of benzene rings is 2. The van der Waals surface area contributed by atoms with E-state index in [-0.39, 0.29) is 16.1 Å². The summed E-state index contributed by atoms with van der Waals surface area (Å²) in [7, 11) is -4.10. The fourth-order valence-corrected chi connectivity index (χ4v) is 3.79. The van der Waals surface area contributed by atoms with Crippen LogP contribution in [0.4, 0.5) is 24.5 Å². The molecule has 0 radical (unpaired) electrons. The van der Waals surface area contributed by atoms with Crippen LogP contribution in [0.5, 0.6) is 0 Å². The lowest BCUT2D eigenvalue weighted by molar-refractivity contribution is -0.137. The molecular formula is C19H13ClF3N3O4S. The third-order valence-electron chi connectivity index (χ3n) is 3.96. The van der Waals surface area contributed by atoms with Crippen molar-refractivity contribution in [2.75, 3.05) is 10.0 Å². The average molecular weight is 472 g/mol. The number of nitrogens with one attached hydrogen (secondary N) is 3. The molecule has 3 rings (SSSR count). The quantitative estimate of drug-likeness (QED) is 0.520. The first-order valence-electron chi connectivity index (χ1n) is 8.45. The number of anilines is 2. The number of halogens is 4. The molecule has 7 nitrogen and oxygen atoms in total. The van der Waals surface area contributed by atoms with Gasteiger partial charge in [-0.05, 0) is 42.5 Å². The Morgan fingerprint density at radius 2 is 1.74 bits per heavy atom. The van der Waals surface area contributed by atoms with Crippen LogP contribution in [0.25, 0.3) is 0 Å². The topological polar surface area (TPSA) is 108 Å². The van der Waals surface area contributed by atoms with E-state index in [0.29, 0.717) is 17.3 Å². The summed E-state index contributed by atoms with van der Waals surface area (Å²) in [6.07, 6.45) is -4.25. The number of hydrogen-bond donors (Lipinski definition) is 3. The molecule has 0 aliphatic carbocycles. The number of aromatic amines is 1. The fourth-order valence-electron chi connectivity index (χ4n) is 2.51. The molecule has 0 saturated carbocycles. The Bertz CT molecular complexity index is 1310. The summed E-state index contributed by atoms with van der Waals surface area (Å²) in [5, 5.41) is 2.36. The molecule has 12 heteroatoms. The summed E-state index contributed by atoms with van der Waals surface area (Å²) < 4.78 is 66.0. The molecule has 0 spiro atoms. The van der Waals surface area contributed by atoms with E-state index in [4.69, 9.17) is 11.6 Å². The maximum atomic E-state index is 12.8. The molecule has 162 valence electrons. The number of pyridine rings is 1. The molecule has 1 aromatic heterocycles. The summed E-state index contributed by atoms with van der Waals surface area (Å²) in [6.45, 7) is 0. The molecule has 2 aromatic carbocycles. The first kappa shape index (κ1) is 22.4. The van der Waals surface area contributed by atoms with Crippen molar-refractivity contribution in [1.29, 1.82) is 0 Å². The van der Waals surface area contributed by atoms with E-state index in [1.54, 1.807) is 6.07 Å². The Morgan fingerprint density at radius 3 is 2.42 bits per heavy atom. The van der Waals surface area contributed by atoms with Gasteiger partial charge in [0.15, 0.2) is 0 Å². The lowest BCUT2D eigenvalue weighted by Crippen LogP contribution is -2.22. The van der Waals surface area contributed by atoms with E-state index < -0.39 is 38.9 Å². The molecule has 0 aliphatic heterocycles. The minimum absolute atomic E-state index is 0.189. The second-order valence-corrected chi connectivity index (χ2v) is 8.35. The lowest BCUT2D eigenvalue weighted by Gasteiger charge is -2.11. The summed E-state index contributed by atoms with van der Waals surface area (Å²) in [6, 6.07) is 11.2. The van der Waals surface area contributed by atoms with Crippen LogP contribution in [0.15, 0.2) is 70.5 Å². The second-order valence-electron chi connectivity index (χ2n) is 6.23. The first-order chi connectivity index (χ1) is 14.5. The first-order valence-corrected chi connectivity index (χ1v) is 10.3. The fraction of sp³-hybridized carbons (Fsp3) is 0.0526. The van der Waals surface area contributed by atoms with Crippen molar-refractivity contribution >= 4 is 38.9 Å². The molecule has 3 aromatic rings. The van der Waals surface area contributed by atoms with Crippen LogP contribution in [0.1, 0.15) is 15.9 Å². The van der Waals surface area contributed by atoms with Gasteiger partial charge in [-0.1, -0.05) is 23.7 Å². The molecule has 0 unspecified atom stereocenters. The van der Waals surface area contributed by atoms with Crippen molar-refractivity contribution in [3.63, 3.8) is 0 Å². The molecule has 0 aliphatic rings. The van der Waals surface area contributed by atoms with Crippen LogP contribution in [0, 0.1) is 0 Å². The minimum Gasteiger partial charge on any atom is -0.327 e. The highest BCUT2D eigenvalue weighted by atomic mass is 35.5. The van der Waals surface area contributed by atoms with Crippen LogP contribution in [0.3, 0.4) is 0 Å². The van der Waals surface area contributed by atoms with Crippen molar-refractivity contribution in [2.24, 2.45) is 0 Å². The Balaban J connectivity index is 1.86. The van der Waals surface area contributed by atoms with E-state index in [9.17, 15) is 31.2 Å². The van der Waals surface area contributed by atoms with Crippen molar-refractivity contribution in [3.8, 4) is 0 Å². The van der Waals surface area contributed by atoms with Gasteiger partial charge in [0.05, 0.1) is 16.1 Å². The van der Waals surface area contributed by atoms with Gasteiger partial charge in [0, 0.05) is 16.8 Å². The third-order valence-corrected chi connectivity index (χ3v) is 5.58. The predicted molar refractivity (Wildman–Crippen MR) is 109 cm³/mol. The summed E-state index contributed by atoms with van der Waals surface area (Å²) in [5.41, 5.74) is -2.74. The summed E-state index contributed by atoms with van der Waals surface area (Å²) >= 11 is 5.83. The zero-order valence-electron chi connectivity index (χ0n) is 15.3. The Hall–Kier alpha value is -3.31. The maximum Gasteiger partial charge on any atom is 0.417 e. The Labute approximate surface area is 178 Å². The van der Waals surface area contributed by atoms with Gasteiger partial charge in [0.2, 0.25) is 0 Å². The van der Waals surface area contributed by atoms with Crippen molar-refractivity contribution in [1.82, 2.24) is 4.98 Å². The van der Waals surface area contributed by atoms with E-state index in [1.165, 1.54) is 36.4 Å². The highest BCUT2D eigenvalue weighted by Crippen LogP contribution is 2.29. The number of carbonyl (C=O) groups is 1. The summed E-state index contributed by atoms with van der Waals surface area (Å²) in [5.74, 6) is -0.968. The second kappa shape index (κ2) is 8.44. The summed E-state index contributed by atoms with van der Waals surface area (Å²) in [4.78, 5) is 25.8. The molecular weight excluding hydrogens is 459 g/mol. The highest BCUT2D eigenvalue weighted by molar-refractivity contribution is 7.92. The van der Waals surface area contributed by atoms with Crippen LogP contribution in [-0.4, -0.2) is 19.3 Å². The van der Waals surface area contributed by atoms with Gasteiger partial charge >= 0.3 is 6.18 Å². The molecule has 0 saturated heterocycles. The van der Waals surface area contributed by atoms with Crippen LogP contribution >= 0.6 is 11.6 Å². The standard InChI is InChI=1S/C19H13ClF3N3O4S/c20-13-4-2-5-14(9-13)26-31(29,30)15-6-1-3-11(7-15)17(27)25-16-8-12(19(21,22)23)10-24-18(16)28/h1-10,26H,(H,24,28)(H,25,27). The zero-order chi connectivity index (χ0) is 22.8.